The summed E-state index contributed by atoms with van der Waals surface area (Å²) in [7, 11) is 1.67. The number of aromatic nitrogens is 1. The Morgan fingerprint density at radius 2 is 2.21 bits per heavy atom. The van der Waals surface area contributed by atoms with E-state index in [0.717, 1.165) is 36.4 Å². The number of anilines is 2. The molecule has 0 saturated carbocycles. The topological polar surface area (TPSA) is 73.3 Å². The number of methoxy groups -OCH3 is 1. The van der Waals surface area contributed by atoms with Gasteiger partial charge in [-0.2, -0.15) is 0 Å². The summed E-state index contributed by atoms with van der Waals surface area (Å²) in [6.07, 6.45) is -0.961. The Hall–Kier alpha value is -2.10. The van der Waals surface area contributed by atoms with E-state index in [4.69, 9.17) is 10.1 Å². The molecule has 0 aliphatic carbocycles. The number of hydrogen-bond donors (Lipinski definition) is 3. The Morgan fingerprint density at radius 1 is 1.43 bits per heavy atom. The van der Waals surface area contributed by atoms with E-state index >= 15 is 0 Å². The molecule has 1 fully saturated rings. The molecule has 9 heteroatoms. The number of amidine groups is 1. The Labute approximate surface area is 167 Å². The summed E-state index contributed by atoms with van der Waals surface area (Å²) in [5, 5.41) is 15.5. The molecule has 1 aromatic heterocycles. The summed E-state index contributed by atoms with van der Waals surface area (Å²) in [6.45, 7) is 2.79. The van der Waals surface area contributed by atoms with Crippen molar-refractivity contribution in [3.8, 4) is 0 Å². The summed E-state index contributed by atoms with van der Waals surface area (Å²) in [5.41, 5.74) is 1.05. The van der Waals surface area contributed by atoms with Crippen molar-refractivity contribution in [2.45, 2.75) is 25.3 Å². The number of halogens is 2. The smallest absolute Gasteiger partial charge is 0.289 e. The van der Waals surface area contributed by atoms with Crippen molar-refractivity contribution < 1.29 is 13.5 Å². The largest absolute Gasteiger partial charge is 0.385 e. The molecule has 0 spiro atoms. The molecule has 1 atom stereocenters. The van der Waals surface area contributed by atoms with Crippen molar-refractivity contribution in [2.75, 3.05) is 38.7 Å². The molecule has 3 rings (SSSR count). The zero-order chi connectivity index (χ0) is 19.9. The number of alkyl halides is 2. The zero-order valence-electron chi connectivity index (χ0n) is 15.8. The first-order valence-electron chi connectivity index (χ1n) is 9.25. The molecule has 28 heavy (non-hydrogen) atoms. The number of para-hydroxylation sites is 1. The van der Waals surface area contributed by atoms with Gasteiger partial charge in [-0.05, 0) is 31.5 Å². The lowest BCUT2D eigenvalue weighted by Crippen LogP contribution is -2.41. The molecular formula is C19H25F2N5OS. The van der Waals surface area contributed by atoms with Crippen molar-refractivity contribution in [1.82, 2.24) is 15.2 Å². The van der Waals surface area contributed by atoms with Crippen molar-refractivity contribution in [3.05, 3.63) is 41.0 Å². The van der Waals surface area contributed by atoms with Gasteiger partial charge < -0.3 is 20.3 Å². The van der Waals surface area contributed by atoms with Crippen LogP contribution in [0.25, 0.3) is 0 Å². The fraction of sp³-hybridized carbons (Fsp3) is 0.474. The number of benzene rings is 1. The van der Waals surface area contributed by atoms with E-state index in [9.17, 15) is 8.78 Å². The van der Waals surface area contributed by atoms with Crippen LogP contribution < -0.4 is 10.6 Å². The van der Waals surface area contributed by atoms with Gasteiger partial charge in [0.1, 0.15) is 16.5 Å². The average Bonchev–Trinajstić information content (AvgIpc) is 2.97. The number of rotatable bonds is 7. The summed E-state index contributed by atoms with van der Waals surface area (Å²) in [5.74, 6) is 0.174. The van der Waals surface area contributed by atoms with Crippen LogP contribution in [0.3, 0.4) is 0 Å². The molecule has 2 aromatic rings. The van der Waals surface area contributed by atoms with Gasteiger partial charge in [0, 0.05) is 38.5 Å². The highest BCUT2D eigenvalue weighted by atomic mass is 32.1. The van der Waals surface area contributed by atoms with Crippen LogP contribution in [-0.2, 0) is 4.74 Å². The lowest BCUT2D eigenvalue weighted by atomic mass is 10.2. The minimum absolute atomic E-state index is 0.174. The van der Waals surface area contributed by atoms with Gasteiger partial charge in [-0.25, -0.2) is 13.8 Å². The van der Waals surface area contributed by atoms with E-state index in [1.54, 1.807) is 7.11 Å². The first-order chi connectivity index (χ1) is 13.6. The third-order valence-electron chi connectivity index (χ3n) is 4.55. The minimum Gasteiger partial charge on any atom is -0.385 e. The lowest BCUT2D eigenvalue weighted by molar-refractivity contribution is 0.151. The maximum Gasteiger partial charge on any atom is 0.289 e. The molecule has 3 N–H and O–H groups in total. The number of hydrogen-bond acceptors (Lipinski definition) is 6. The average molecular weight is 410 g/mol. The molecule has 2 heterocycles. The normalized spacial score (nSPS) is 17.6. The van der Waals surface area contributed by atoms with Crippen molar-refractivity contribution in [1.29, 1.82) is 5.41 Å². The zero-order valence-corrected chi connectivity index (χ0v) is 16.6. The number of ether oxygens (including phenoxy) is 1. The second-order valence-electron chi connectivity index (χ2n) is 6.60. The first kappa shape index (κ1) is 20.6. The molecular weight excluding hydrogens is 384 g/mol. The second kappa shape index (κ2) is 9.90. The number of nitrogens with one attached hydrogen (secondary N) is 3. The molecule has 0 amide bonds. The highest BCUT2D eigenvalue weighted by molar-refractivity contribution is 7.16. The molecule has 0 bridgehead atoms. The van der Waals surface area contributed by atoms with Crippen LogP contribution in [0.1, 0.15) is 30.0 Å². The van der Waals surface area contributed by atoms with Gasteiger partial charge >= 0.3 is 0 Å². The van der Waals surface area contributed by atoms with Crippen molar-refractivity contribution in [3.63, 3.8) is 0 Å². The van der Waals surface area contributed by atoms with E-state index in [0.29, 0.717) is 24.7 Å². The van der Waals surface area contributed by atoms with Crippen LogP contribution in [0.5, 0.6) is 0 Å². The predicted molar refractivity (Wildman–Crippen MR) is 108 cm³/mol. The van der Waals surface area contributed by atoms with Gasteiger partial charge in [0.25, 0.3) is 6.43 Å². The van der Waals surface area contributed by atoms with Gasteiger partial charge in [0.15, 0.2) is 5.01 Å². The molecule has 1 aromatic carbocycles. The van der Waals surface area contributed by atoms with Gasteiger partial charge in [-0.3, -0.25) is 5.41 Å². The molecule has 1 unspecified atom stereocenters. The van der Waals surface area contributed by atoms with Crippen LogP contribution in [0.2, 0.25) is 0 Å². The Morgan fingerprint density at radius 3 is 2.93 bits per heavy atom. The van der Waals surface area contributed by atoms with Gasteiger partial charge in [0.2, 0.25) is 0 Å². The van der Waals surface area contributed by atoms with E-state index in [2.05, 4.69) is 15.6 Å². The highest BCUT2D eigenvalue weighted by Crippen LogP contribution is 2.34. The quantitative estimate of drug-likeness (QED) is 0.479. The molecule has 152 valence electrons. The maximum atomic E-state index is 13.3. The first-order valence-corrected chi connectivity index (χ1v) is 10.1. The van der Waals surface area contributed by atoms with E-state index in [1.165, 1.54) is 0 Å². The van der Waals surface area contributed by atoms with Crippen LogP contribution in [0, 0.1) is 5.41 Å². The van der Waals surface area contributed by atoms with Crippen LogP contribution in [-0.4, -0.2) is 55.1 Å². The van der Waals surface area contributed by atoms with Crippen LogP contribution in [0.4, 0.5) is 19.5 Å². The third kappa shape index (κ3) is 5.24. The van der Waals surface area contributed by atoms with Gasteiger partial charge in [0.05, 0.1) is 0 Å². The molecule has 1 saturated heterocycles. The number of nitrogens with zero attached hydrogens (tertiary/aromatic N) is 2. The van der Waals surface area contributed by atoms with Crippen LogP contribution in [0.15, 0.2) is 30.3 Å². The third-order valence-corrected chi connectivity index (χ3v) is 5.53. The Balaban J connectivity index is 1.82. The Kier molecular flexibility index (Phi) is 7.30. The van der Waals surface area contributed by atoms with Crippen LogP contribution >= 0.6 is 11.3 Å². The lowest BCUT2D eigenvalue weighted by Gasteiger charge is -2.26. The molecule has 0 radical (unpaired) electrons. The fourth-order valence-electron chi connectivity index (χ4n) is 3.13. The highest BCUT2D eigenvalue weighted by Gasteiger charge is 2.26. The standard InChI is InChI=1S/C19H25F2N5OS/c1-27-11-8-14-12-26(10-5-9-23-14)17(22)15-18(28-19(25-15)16(20)21)24-13-6-3-2-4-7-13/h2-4,6-7,14,16,22-24H,5,8-12H2,1H3. The Bertz CT molecular complexity index is 771. The predicted octanol–water partition coefficient (Wildman–Crippen LogP) is 3.85. The van der Waals surface area contributed by atoms with E-state index in [-0.39, 0.29) is 22.6 Å². The molecule has 1 aliphatic heterocycles. The van der Waals surface area contributed by atoms with Gasteiger partial charge in [-0.15, -0.1) is 0 Å². The van der Waals surface area contributed by atoms with E-state index in [1.807, 2.05) is 35.2 Å². The second-order valence-corrected chi connectivity index (χ2v) is 7.63. The summed E-state index contributed by atoms with van der Waals surface area (Å²) in [4.78, 5) is 6.01. The van der Waals surface area contributed by atoms with Crippen molar-refractivity contribution in [2.24, 2.45) is 0 Å². The van der Waals surface area contributed by atoms with E-state index < -0.39 is 6.43 Å². The van der Waals surface area contributed by atoms with Crippen molar-refractivity contribution >= 4 is 27.9 Å². The monoisotopic (exact) mass is 409 g/mol. The van der Waals surface area contributed by atoms with Gasteiger partial charge in [-0.1, -0.05) is 29.5 Å². The SMILES string of the molecule is COCCC1CN(C(=N)c2nc(C(F)F)sc2Nc2ccccc2)CCCN1. The fourth-order valence-corrected chi connectivity index (χ4v) is 3.98. The molecule has 1 aliphatic rings. The summed E-state index contributed by atoms with van der Waals surface area (Å²) >= 11 is 0.899. The summed E-state index contributed by atoms with van der Waals surface area (Å²) in [6, 6.07) is 9.50. The minimum atomic E-state index is -2.66. The number of thiazole rings is 1. The summed E-state index contributed by atoms with van der Waals surface area (Å²) < 4.78 is 31.7. The maximum absolute atomic E-state index is 13.3. The molecule has 6 nitrogen and oxygen atoms in total.